The van der Waals surface area contributed by atoms with Gasteiger partial charge in [0.25, 0.3) is 5.69 Å². The van der Waals surface area contributed by atoms with Crippen LogP contribution in [0.25, 0.3) is 11.1 Å². The summed E-state index contributed by atoms with van der Waals surface area (Å²) < 4.78 is 0. The normalized spacial score (nSPS) is 10.3. The van der Waals surface area contributed by atoms with Gasteiger partial charge in [-0.3, -0.25) is 10.1 Å². The SMILES string of the molecule is CCCc1cccc(-c2ccc(C(=O)O)cc2[N+](=O)[O-])c1. The number of aromatic carboxylic acids is 1. The van der Waals surface area contributed by atoms with Crippen molar-refractivity contribution in [2.45, 2.75) is 19.8 Å². The molecule has 0 saturated carbocycles. The van der Waals surface area contributed by atoms with E-state index in [1.807, 2.05) is 18.2 Å². The number of benzene rings is 2. The van der Waals surface area contributed by atoms with Gasteiger partial charge in [0.15, 0.2) is 0 Å². The summed E-state index contributed by atoms with van der Waals surface area (Å²) in [4.78, 5) is 21.6. The first-order chi connectivity index (χ1) is 10.0. The third-order valence-electron chi connectivity index (χ3n) is 3.22. The lowest BCUT2D eigenvalue weighted by Crippen LogP contribution is -1.99. The van der Waals surface area contributed by atoms with Crippen LogP contribution in [0.1, 0.15) is 29.3 Å². The molecule has 0 atom stereocenters. The monoisotopic (exact) mass is 285 g/mol. The molecule has 5 heteroatoms. The Morgan fingerprint density at radius 2 is 2.00 bits per heavy atom. The number of rotatable bonds is 5. The average molecular weight is 285 g/mol. The molecule has 2 rings (SSSR count). The van der Waals surface area contributed by atoms with Gasteiger partial charge in [0.2, 0.25) is 0 Å². The molecule has 0 fully saturated rings. The second kappa shape index (κ2) is 6.17. The molecule has 5 nitrogen and oxygen atoms in total. The zero-order valence-corrected chi connectivity index (χ0v) is 11.6. The molecule has 0 saturated heterocycles. The van der Waals surface area contributed by atoms with Gasteiger partial charge in [0.1, 0.15) is 0 Å². The van der Waals surface area contributed by atoms with Crippen LogP contribution in [-0.4, -0.2) is 16.0 Å². The van der Waals surface area contributed by atoms with Crippen LogP contribution in [0.15, 0.2) is 42.5 Å². The zero-order valence-electron chi connectivity index (χ0n) is 11.6. The lowest BCUT2D eigenvalue weighted by atomic mass is 9.98. The Morgan fingerprint density at radius 3 is 2.62 bits per heavy atom. The predicted molar refractivity (Wildman–Crippen MR) is 79.5 cm³/mol. The molecule has 0 heterocycles. The lowest BCUT2D eigenvalue weighted by molar-refractivity contribution is -0.384. The van der Waals surface area contributed by atoms with E-state index in [0.717, 1.165) is 30.0 Å². The molecule has 0 aliphatic carbocycles. The lowest BCUT2D eigenvalue weighted by Gasteiger charge is -2.06. The standard InChI is InChI=1S/C16H15NO4/c1-2-4-11-5-3-6-12(9-11)14-8-7-13(16(18)19)10-15(14)17(20)21/h3,5-10H,2,4H2,1H3,(H,18,19). The van der Waals surface area contributed by atoms with Gasteiger partial charge in [-0.25, -0.2) is 4.79 Å². The summed E-state index contributed by atoms with van der Waals surface area (Å²) in [6, 6.07) is 11.5. The number of hydrogen-bond donors (Lipinski definition) is 1. The largest absolute Gasteiger partial charge is 0.478 e. The molecule has 0 bridgehead atoms. The molecule has 2 aromatic carbocycles. The number of nitro benzene ring substituents is 1. The Labute approximate surface area is 122 Å². The Morgan fingerprint density at radius 1 is 1.24 bits per heavy atom. The van der Waals surface area contributed by atoms with Crippen molar-refractivity contribution in [1.82, 2.24) is 0 Å². The van der Waals surface area contributed by atoms with Gasteiger partial charge in [-0.15, -0.1) is 0 Å². The van der Waals surface area contributed by atoms with Crippen LogP contribution in [-0.2, 0) is 6.42 Å². The fraction of sp³-hybridized carbons (Fsp3) is 0.188. The van der Waals surface area contributed by atoms with Crippen molar-refractivity contribution in [3.05, 3.63) is 63.7 Å². The number of hydrogen-bond acceptors (Lipinski definition) is 3. The number of nitrogens with zero attached hydrogens (tertiary/aromatic N) is 1. The van der Waals surface area contributed by atoms with Crippen molar-refractivity contribution in [1.29, 1.82) is 0 Å². The molecule has 0 radical (unpaired) electrons. The third-order valence-corrected chi connectivity index (χ3v) is 3.22. The van der Waals surface area contributed by atoms with Crippen molar-refractivity contribution < 1.29 is 14.8 Å². The summed E-state index contributed by atoms with van der Waals surface area (Å²) in [6.07, 6.45) is 1.89. The first-order valence-corrected chi connectivity index (χ1v) is 6.64. The van der Waals surface area contributed by atoms with Crippen molar-refractivity contribution >= 4 is 11.7 Å². The topological polar surface area (TPSA) is 80.4 Å². The highest BCUT2D eigenvalue weighted by atomic mass is 16.6. The number of carbonyl (C=O) groups is 1. The maximum absolute atomic E-state index is 11.2. The minimum absolute atomic E-state index is 0.0878. The first-order valence-electron chi connectivity index (χ1n) is 6.64. The van der Waals surface area contributed by atoms with E-state index in [9.17, 15) is 14.9 Å². The predicted octanol–water partition coefficient (Wildman–Crippen LogP) is 3.91. The van der Waals surface area contributed by atoms with Gasteiger partial charge in [-0.05, 0) is 29.7 Å². The smallest absolute Gasteiger partial charge is 0.335 e. The van der Waals surface area contributed by atoms with Crippen LogP contribution in [0.2, 0.25) is 0 Å². The quantitative estimate of drug-likeness (QED) is 0.667. The Hall–Kier alpha value is -2.69. The molecule has 21 heavy (non-hydrogen) atoms. The molecule has 0 aliphatic rings. The fourth-order valence-corrected chi connectivity index (χ4v) is 2.24. The van der Waals surface area contributed by atoms with Crippen LogP contribution in [0.5, 0.6) is 0 Å². The molecule has 0 aliphatic heterocycles. The second-order valence-corrected chi connectivity index (χ2v) is 4.74. The molecule has 2 aromatic rings. The summed E-state index contributed by atoms with van der Waals surface area (Å²) in [6.45, 7) is 2.07. The van der Waals surface area contributed by atoms with Crippen LogP contribution in [0.3, 0.4) is 0 Å². The fourth-order valence-electron chi connectivity index (χ4n) is 2.24. The van der Waals surface area contributed by atoms with Crippen LogP contribution < -0.4 is 0 Å². The molecule has 0 aromatic heterocycles. The molecule has 0 spiro atoms. The van der Waals surface area contributed by atoms with Crippen molar-refractivity contribution in [2.24, 2.45) is 0 Å². The maximum Gasteiger partial charge on any atom is 0.335 e. The Kier molecular flexibility index (Phi) is 4.33. The second-order valence-electron chi connectivity index (χ2n) is 4.74. The molecule has 108 valence electrons. The van der Waals surface area contributed by atoms with Gasteiger partial charge in [-0.1, -0.05) is 37.6 Å². The number of aryl methyl sites for hydroxylation is 1. The van der Waals surface area contributed by atoms with Gasteiger partial charge in [0.05, 0.1) is 16.1 Å². The number of carboxylic acids is 1. The summed E-state index contributed by atoms with van der Waals surface area (Å²) in [5.41, 5.74) is 1.98. The highest BCUT2D eigenvalue weighted by molar-refractivity contribution is 5.90. The van der Waals surface area contributed by atoms with Crippen molar-refractivity contribution in [2.75, 3.05) is 0 Å². The van der Waals surface area contributed by atoms with Crippen LogP contribution in [0, 0.1) is 10.1 Å². The first kappa shape index (κ1) is 14.7. The summed E-state index contributed by atoms with van der Waals surface area (Å²) in [5, 5.41) is 20.1. The van der Waals surface area contributed by atoms with E-state index in [2.05, 4.69) is 6.92 Å². The number of carboxylic acid groups (broad SMARTS) is 1. The van der Waals surface area contributed by atoms with Crippen LogP contribution >= 0.6 is 0 Å². The van der Waals surface area contributed by atoms with E-state index >= 15 is 0 Å². The van der Waals surface area contributed by atoms with E-state index in [1.54, 1.807) is 6.07 Å². The highest BCUT2D eigenvalue weighted by Crippen LogP contribution is 2.31. The van der Waals surface area contributed by atoms with Gasteiger partial charge < -0.3 is 5.11 Å². The molecular formula is C16H15NO4. The van der Waals surface area contributed by atoms with Crippen molar-refractivity contribution in [3.63, 3.8) is 0 Å². The van der Waals surface area contributed by atoms with E-state index < -0.39 is 10.9 Å². The molecule has 1 N–H and O–H groups in total. The Balaban J connectivity index is 2.55. The van der Waals surface area contributed by atoms with Crippen molar-refractivity contribution in [3.8, 4) is 11.1 Å². The molecular weight excluding hydrogens is 270 g/mol. The van der Waals surface area contributed by atoms with E-state index in [1.165, 1.54) is 12.1 Å². The Bertz CT molecular complexity index is 694. The summed E-state index contributed by atoms with van der Waals surface area (Å²) >= 11 is 0. The highest BCUT2D eigenvalue weighted by Gasteiger charge is 2.18. The van der Waals surface area contributed by atoms with Gasteiger partial charge in [0, 0.05) is 6.07 Å². The van der Waals surface area contributed by atoms with E-state index in [0.29, 0.717) is 5.56 Å². The van der Waals surface area contributed by atoms with Crippen LogP contribution in [0.4, 0.5) is 5.69 Å². The zero-order chi connectivity index (χ0) is 15.4. The molecule has 0 amide bonds. The number of nitro groups is 1. The minimum atomic E-state index is -1.18. The van der Waals surface area contributed by atoms with E-state index in [-0.39, 0.29) is 11.3 Å². The molecule has 0 unspecified atom stereocenters. The summed E-state index contributed by atoms with van der Waals surface area (Å²) in [5.74, 6) is -1.18. The van der Waals surface area contributed by atoms with Gasteiger partial charge >= 0.3 is 5.97 Å². The maximum atomic E-state index is 11.2. The van der Waals surface area contributed by atoms with E-state index in [4.69, 9.17) is 5.11 Å². The third kappa shape index (κ3) is 3.25. The summed E-state index contributed by atoms with van der Waals surface area (Å²) in [7, 11) is 0. The minimum Gasteiger partial charge on any atom is -0.478 e. The van der Waals surface area contributed by atoms with Gasteiger partial charge in [-0.2, -0.15) is 0 Å². The average Bonchev–Trinajstić information content (AvgIpc) is 2.47.